The Kier molecular flexibility index (Phi) is 2.96. The van der Waals surface area contributed by atoms with E-state index in [1.807, 2.05) is 10.6 Å². The van der Waals surface area contributed by atoms with Gasteiger partial charge < -0.3 is 9.47 Å². The van der Waals surface area contributed by atoms with Crippen LogP contribution in [-0.2, 0) is 6.54 Å². The molecule has 2 bridgehead atoms. The van der Waals surface area contributed by atoms with Crippen molar-refractivity contribution >= 4 is 17.4 Å². The molecule has 5 nitrogen and oxygen atoms in total. The number of pyridine rings is 1. The molecule has 0 aliphatic carbocycles. The van der Waals surface area contributed by atoms with Crippen LogP contribution in [0.5, 0.6) is 0 Å². The summed E-state index contributed by atoms with van der Waals surface area (Å²) in [7, 11) is 0. The van der Waals surface area contributed by atoms with E-state index in [4.69, 9.17) is 11.6 Å². The Morgan fingerprint density at radius 3 is 3.00 bits per heavy atom. The third-order valence-electron chi connectivity index (χ3n) is 4.43. The molecule has 4 heterocycles. The molecular weight excluding hydrogens is 288 g/mol. The van der Waals surface area contributed by atoms with Crippen molar-refractivity contribution in [1.29, 1.82) is 0 Å². The molecule has 0 amide bonds. The third kappa shape index (κ3) is 2.12. The van der Waals surface area contributed by atoms with Crippen molar-refractivity contribution in [3.05, 3.63) is 51.8 Å². The van der Waals surface area contributed by atoms with Crippen molar-refractivity contribution in [1.82, 2.24) is 14.5 Å². The van der Waals surface area contributed by atoms with Crippen LogP contribution in [0.3, 0.4) is 0 Å². The maximum absolute atomic E-state index is 12.0. The van der Waals surface area contributed by atoms with E-state index in [1.165, 1.54) is 6.33 Å². The van der Waals surface area contributed by atoms with E-state index in [-0.39, 0.29) is 5.56 Å². The molecule has 6 heteroatoms. The zero-order valence-corrected chi connectivity index (χ0v) is 12.2. The van der Waals surface area contributed by atoms with Crippen molar-refractivity contribution in [2.24, 2.45) is 5.92 Å². The zero-order valence-electron chi connectivity index (χ0n) is 11.4. The van der Waals surface area contributed by atoms with Crippen molar-refractivity contribution in [3.63, 3.8) is 0 Å². The van der Waals surface area contributed by atoms with E-state index in [0.29, 0.717) is 16.9 Å². The van der Waals surface area contributed by atoms with E-state index in [9.17, 15) is 4.79 Å². The second-order valence-corrected chi connectivity index (χ2v) is 6.20. The summed E-state index contributed by atoms with van der Waals surface area (Å²) in [5.74, 6) is 1.62. The number of fused-ring (bicyclic) bond motifs is 4. The molecule has 2 atom stereocenters. The van der Waals surface area contributed by atoms with Gasteiger partial charge in [0, 0.05) is 37.3 Å². The summed E-state index contributed by atoms with van der Waals surface area (Å²) < 4.78 is 1.93. The van der Waals surface area contributed by atoms with Crippen LogP contribution in [0.25, 0.3) is 0 Å². The second-order valence-electron chi connectivity index (χ2n) is 5.80. The minimum atomic E-state index is 0.107. The smallest absolute Gasteiger partial charge is 0.250 e. The lowest BCUT2D eigenvalue weighted by atomic mass is 9.83. The van der Waals surface area contributed by atoms with Crippen LogP contribution in [-0.4, -0.2) is 27.6 Å². The lowest BCUT2D eigenvalue weighted by molar-refractivity contribution is 0.280. The first kappa shape index (κ1) is 12.8. The first-order chi connectivity index (χ1) is 10.2. The number of hydrogen-bond acceptors (Lipinski definition) is 4. The molecule has 0 spiro atoms. The molecule has 2 unspecified atom stereocenters. The van der Waals surface area contributed by atoms with Gasteiger partial charge in [0.05, 0.1) is 6.20 Å². The molecule has 4 rings (SSSR count). The van der Waals surface area contributed by atoms with Gasteiger partial charge in [-0.1, -0.05) is 17.7 Å². The normalized spacial score (nSPS) is 23.8. The van der Waals surface area contributed by atoms with E-state index >= 15 is 0 Å². The largest absolute Gasteiger partial charge is 0.354 e. The summed E-state index contributed by atoms with van der Waals surface area (Å²) in [5, 5.41) is 0.586. The molecule has 2 aliphatic heterocycles. The van der Waals surface area contributed by atoms with E-state index < -0.39 is 0 Å². The quantitative estimate of drug-likeness (QED) is 0.807. The molecule has 2 aromatic heterocycles. The number of halogens is 1. The highest BCUT2D eigenvalue weighted by Crippen LogP contribution is 2.37. The highest BCUT2D eigenvalue weighted by Gasteiger charge is 2.35. The fourth-order valence-electron chi connectivity index (χ4n) is 3.61. The summed E-state index contributed by atoms with van der Waals surface area (Å²) in [6.07, 6.45) is 4.29. The molecule has 1 saturated heterocycles. The maximum Gasteiger partial charge on any atom is 0.250 e. The van der Waals surface area contributed by atoms with Gasteiger partial charge in [-0.25, -0.2) is 9.97 Å². The lowest BCUT2D eigenvalue weighted by Crippen LogP contribution is -2.47. The highest BCUT2D eigenvalue weighted by atomic mass is 35.5. The minimum Gasteiger partial charge on any atom is -0.354 e. The second kappa shape index (κ2) is 4.84. The molecule has 2 aromatic rings. The molecule has 1 fully saturated rings. The summed E-state index contributed by atoms with van der Waals surface area (Å²) in [6, 6.07) is 5.56. The summed E-state index contributed by atoms with van der Waals surface area (Å²) >= 11 is 6.22. The van der Waals surface area contributed by atoms with Crippen LogP contribution in [0.2, 0.25) is 5.02 Å². The fourth-order valence-corrected chi connectivity index (χ4v) is 3.83. The van der Waals surface area contributed by atoms with Crippen LogP contribution in [0.15, 0.2) is 35.5 Å². The van der Waals surface area contributed by atoms with Gasteiger partial charge in [-0.2, -0.15) is 0 Å². The minimum absolute atomic E-state index is 0.107. The monoisotopic (exact) mass is 302 g/mol. The van der Waals surface area contributed by atoms with Gasteiger partial charge >= 0.3 is 0 Å². The summed E-state index contributed by atoms with van der Waals surface area (Å²) in [5.41, 5.74) is 1.24. The lowest BCUT2D eigenvalue weighted by Gasteiger charge is -2.43. The Labute approximate surface area is 127 Å². The highest BCUT2D eigenvalue weighted by molar-refractivity contribution is 6.32. The van der Waals surface area contributed by atoms with Crippen LogP contribution >= 0.6 is 11.6 Å². The van der Waals surface area contributed by atoms with Crippen molar-refractivity contribution in [2.75, 3.05) is 18.0 Å². The number of aromatic nitrogens is 3. The Morgan fingerprint density at radius 2 is 2.14 bits per heavy atom. The molecule has 108 valence electrons. The average Bonchev–Trinajstić information content (AvgIpc) is 2.49. The van der Waals surface area contributed by atoms with Crippen LogP contribution in [0.1, 0.15) is 18.0 Å². The Morgan fingerprint density at radius 1 is 1.24 bits per heavy atom. The molecule has 0 aromatic carbocycles. The predicted octanol–water partition coefficient (Wildman–Crippen LogP) is 1.92. The van der Waals surface area contributed by atoms with Gasteiger partial charge in [0.25, 0.3) is 5.56 Å². The number of hydrogen-bond donors (Lipinski definition) is 0. The first-order valence-electron chi connectivity index (χ1n) is 7.12. The molecule has 21 heavy (non-hydrogen) atoms. The fraction of sp³-hybridized carbons (Fsp3) is 0.400. The topological polar surface area (TPSA) is 51.0 Å². The molecule has 0 saturated carbocycles. The van der Waals surface area contributed by atoms with Crippen molar-refractivity contribution in [2.45, 2.75) is 18.9 Å². The van der Waals surface area contributed by atoms with Crippen molar-refractivity contribution < 1.29 is 0 Å². The van der Waals surface area contributed by atoms with Gasteiger partial charge in [-0.05, 0) is 18.4 Å². The maximum atomic E-state index is 12.0. The van der Waals surface area contributed by atoms with Crippen LogP contribution in [0.4, 0.5) is 5.82 Å². The number of rotatable bonds is 1. The standard InChI is InChI=1S/C15H15ClN4O/c16-12-5-17-9-18-15(12)19-6-10-4-11(8-19)13-2-1-3-14(21)20(13)7-10/h1-3,5,9-11H,4,6-8H2. The van der Waals surface area contributed by atoms with Crippen LogP contribution < -0.4 is 10.5 Å². The SMILES string of the molecule is O=c1cccc2n1CC1CC2CN(c2ncncc2Cl)C1. The first-order valence-corrected chi connectivity index (χ1v) is 7.50. The van der Waals surface area contributed by atoms with Gasteiger partial charge in [0.1, 0.15) is 11.3 Å². The van der Waals surface area contributed by atoms with Crippen LogP contribution in [0, 0.1) is 5.92 Å². The number of nitrogens with zero attached hydrogens (tertiary/aromatic N) is 4. The van der Waals surface area contributed by atoms with E-state index in [2.05, 4.69) is 20.9 Å². The summed E-state index contributed by atoms with van der Waals surface area (Å²) in [6.45, 7) is 2.51. The Hall–Kier alpha value is -1.88. The Balaban J connectivity index is 1.72. The molecule has 0 radical (unpaired) electrons. The zero-order chi connectivity index (χ0) is 14.4. The predicted molar refractivity (Wildman–Crippen MR) is 80.8 cm³/mol. The summed E-state index contributed by atoms with van der Waals surface area (Å²) in [4.78, 5) is 22.5. The molecule has 2 aliphatic rings. The number of anilines is 1. The third-order valence-corrected chi connectivity index (χ3v) is 4.69. The van der Waals surface area contributed by atoms with Gasteiger partial charge in [0.15, 0.2) is 5.82 Å². The van der Waals surface area contributed by atoms with E-state index in [1.54, 1.807) is 12.3 Å². The van der Waals surface area contributed by atoms with Gasteiger partial charge in [0.2, 0.25) is 0 Å². The Bertz CT molecular complexity index is 744. The van der Waals surface area contributed by atoms with Crippen molar-refractivity contribution in [3.8, 4) is 0 Å². The van der Waals surface area contributed by atoms with Gasteiger partial charge in [-0.3, -0.25) is 4.79 Å². The molecular formula is C15H15ClN4O. The number of piperidine rings is 1. The average molecular weight is 303 g/mol. The van der Waals surface area contributed by atoms with E-state index in [0.717, 1.165) is 37.6 Å². The van der Waals surface area contributed by atoms with Gasteiger partial charge in [-0.15, -0.1) is 0 Å². The molecule has 0 N–H and O–H groups in total.